The van der Waals surface area contributed by atoms with Crippen molar-refractivity contribution >= 4 is 17.1 Å². The van der Waals surface area contributed by atoms with Gasteiger partial charge < -0.3 is 5.32 Å². The molecular formula is C14H13N3O4. The van der Waals surface area contributed by atoms with Crippen LogP contribution in [-0.2, 0) is 6.54 Å². The van der Waals surface area contributed by atoms with Gasteiger partial charge >= 0.3 is 0 Å². The van der Waals surface area contributed by atoms with E-state index in [1.807, 2.05) is 0 Å². The van der Waals surface area contributed by atoms with Crippen molar-refractivity contribution in [1.82, 2.24) is 0 Å². The van der Waals surface area contributed by atoms with Crippen molar-refractivity contribution in [1.29, 1.82) is 0 Å². The normalized spacial score (nSPS) is 10.1. The van der Waals surface area contributed by atoms with Crippen molar-refractivity contribution in [2.24, 2.45) is 0 Å². The number of nitro groups is 2. The van der Waals surface area contributed by atoms with Gasteiger partial charge in [0.2, 0.25) is 0 Å². The lowest BCUT2D eigenvalue weighted by Crippen LogP contribution is -2.03. The summed E-state index contributed by atoms with van der Waals surface area (Å²) in [6, 6.07) is 11.1. The minimum absolute atomic E-state index is 0.0163. The van der Waals surface area contributed by atoms with Crippen molar-refractivity contribution in [2.75, 3.05) is 5.32 Å². The summed E-state index contributed by atoms with van der Waals surface area (Å²) in [5.74, 6) is 0. The van der Waals surface area contributed by atoms with Crippen LogP contribution in [0.15, 0.2) is 42.5 Å². The average molecular weight is 287 g/mol. The molecule has 0 amide bonds. The fraction of sp³-hybridized carbons (Fsp3) is 0.143. The maximum absolute atomic E-state index is 10.9. The van der Waals surface area contributed by atoms with Gasteiger partial charge in [0.25, 0.3) is 11.4 Å². The molecule has 21 heavy (non-hydrogen) atoms. The Morgan fingerprint density at radius 2 is 1.67 bits per heavy atom. The van der Waals surface area contributed by atoms with Crippen LogP contribution in [-0.4, -0.2) is 9.85 Å². The van der Waals surface area contributed by atoms with Gasteiger partial charge in [0, 0.05) is 35.5 Å². The lowest BCUT2D eigenvalue weighted by atomic mass is 10.1. The molecular weight excluding hydrogens is 274 g/mol. The van der Waals surface area contributed by atoms with E-state index in [4.69, 9.17) is 0 Å². The molecule has 0 fully saturated rings. The van der Waals surface area contributed by atoms with Crippen LogP contribution in [0, 0.1) is 27.2 Å². The first-order chi connectivity index (χ1) is 9.99. The zero-order valence-corrected chi connectivity index (χ0v) is 11.3. The van der Waals surface area contributed by atoms with Crippen LogP contribution < -0.4 is 5.32 Å². The highest BCUT2D eigenvalue weighted by molar-refractivity contribution is 5.55. The Morgan fingerprint density at radius 3 is 2.33 bits per heavy atom. The highest BCUT2D eigenvalue weighted by atomic mass is 16.6. The second-order valence-corrected chi connectivity index (χ2v) is 4.50. The molecule has 1 N–H and O–H groups in total. The molecule has 0 saturated carbocycles. The number of nitrogens with one attached hydrogen (secondary N) is 1. The largest absolute Gasteiger partial charge is 0.380 e. The van der Waals surface area contributed by atoms with E-state index in [0.29, 0.717) is 16.8 Å². The van der Waals surface area contributed by atoms with E-state index in [0.717, 1.165) is 0 Å². The molecule has 2 aromatic rings. The first kappa shape index (κ1) is 14.4. The number of rotatable bonds is 5. The monoisotopic (exact) mass is 287 g/mol. The smallest absolute Gasteiger partial charge is 0.274 e. The van der Waals surface area contributed by atoms with Crippen LogP contribution in [0.25, 0.3) is 0 Å². The number of nitrogens with zero attached hydrogens (tertiary/aromatic N) is 2. The second-order valence-electron chi connectivity index (χ2n) is 4.50. The van der Waals surface area contributed by atoms with Gasteiger partial charge in [-0.3, -0.25) is 20.2 Å². The molecule has 2 aromatic carbocycles. The predicted octanol–water partition coefficient (Wildman–Crippen LogP) is 3.42. The standard InChI is InChI=1S/C14H13N3O4/c1-10-6-7-12(8-14(10)17(20)21)15-9-11-4-2-3-5-13(11)16(18)19/h2-8,15H,9H2,1H3. The molecule has 0 aliphatic rings. The molecule has 0 saturated heterocycles. The van der Waals surface area contributed by atoms with Crippen LogP contribution in [0.3, 0.4) is 0 Å². The van der Waals surface area contributed by atoms with Crippen LogP contribution in [0.5, 0.6) is 0 Å². The number of nitro benzene ring substituents is 2. The molecule has 0 heterocycles. The zero-order chi connectivity index (χ0) is 15.4. The van der Waals surface area contributed by atoms with E-state index >= 15 is 0 Å². The summed E-state index contributed by atoms with van der Waals surface area (Å²) in [6.07, 6.45) is 0. The lowest BCUT2D eigenvalue weighted by molar-refractivity contribution is -0.385. The van der Waals surface area contributed by atoms with Gasteiger partial charge in [-0.2, -0.15) is 0 Å². The minimum atomic E-state index is -0.453. The van der Waals surface area contributed by atoms with E-state index in [-0.39, 0.29) is 17.9 Å². The van der Waals surface area contributed by atoms with E-state index < -0.39 is 9.85 Å². The maximum atomic E-state index is 10.9. The topological polar surface area (TPSA) is 98.3 Å². The molecule has 0 radical (unpaired) electrons. The van der Waals surface area contributed by atoms with E-state index in [1.54, 1.807) is 37.3 Å². The molecule has 0 atom stereocenters. The predicted molar refractivity (Wildman–Crippen MR) is 78.3 cm³/mol. The molecule has 0 bridgehead atoms. The molecule has 0 unspecified atom stereocenters. The summed E-state index contributed by atoms with van der Waals surface area (Å²) in [6.45, 7) is 1.88. The molecule has 0 aromatic heterocycles. The van der Waals surface area contributed by atoms with Gasteiger partial charge in [-0.15, -0.1) is 0 Å². The number of benzene rings is 2. The third kappa shape index (κ3) is 3.33. The second kappa shape index (κ2) is 6.00. The minimum Gasteiger partial charge on any atom is -0.380 e. The fourth-order valence-corrected chi connectivity index (χ4v) is 1.95. The van der Waals surface area contributed by atoms with E-state index in [1.165, 1.54) is 12.1 Å². The SMILES string of the molecule is Cc1ccc(NCc2ccccc2[N+](=O)[O-])cc1[N+](=O)[O-]. The van der Waals surface area contributed by atoms with E-state index in [2.05, 4.69) is 5.32 Å². The molecule has 7 nitrogen and oxygen atoms in total. The Morgan fingerprint density at radius 1 is 1.00 bits per heavy atom. The first-order valence-corrected chi connectivity index (χ1v) is 6.20. The molecule has 0 aliphatic heterocycles. The Hall–Kier alpha value is -2.96. The molecule has 0 aliphatic carbocycles. The van der Waals surface area contributed by atoms with Crippen molar-refractivity contribution in [3.05, 3.63) is 73.8 Å². The van der Waals surface area contributed by atoms with Gasteiger partial charge in [-0.05, 0) is 13.0 Å². The van der Waals surface area contributed by atoms with E-state index in [9.17, 15) is 20.2 Å². The van der Waals surface area contributed by atoms with Gasteiger partial charge in [0.1, 0.15) is 0 Å². The Balaban J connectivity index is 2.19. The van der Waals surface area contributed by atoms with Crippen LogP contribution >= 0.6 is 0 Å². The van der Waals surface area contributed by atoms with Gasteiger partial charge in [-0.25, -0.2) is 0 Å². The van der Waals surface area contributed by atoms with Gasteiger partial charge in [0.15, 0.2) is 0 Å². The number of para-hydroxylation sites is 1. The Bertz CT molecular complexity index is 700. The third-order valence-corrected chi connectivity index (χ3v) is 3.08. The summed E-state index contributed by atoms with van der Waals surface area (Å²) < 4.78 is 0. The van der Waals surface area contributed by atoms with Crippen LogP contribution in [0.2, 0.25) is 0 Å². The summed E-state index contributed by atoms with van der Waals surface area (Å²) in [4.78, 5) is 20.9. The Kier molecular flexibility index (Phi) is 4.13. The van der Waals surface area contributed by atoms with Crippen LogP contribution in [0.4, 0.5) is 17.1 Å². The van der Waals surface area contributed by atoms with Crippen molar-refractivity contribution in [2.45, 2.75) is 13.5 Å². The molecule has 108 valence electrons. The quantitative estimate of drug-likeness (QED) is 0.671. The number of hydrogen-bond acceptors (Lipinski definition) is 5. The van der Waals surface area contributed by atoms with Crippen molar-refractivity contribution < 1.29 is 9.85 Å². The van der Waals surface area contributed by atoms with Crippen molar-refractivity contribution in [3.63, 3.8) is 0 Å². The summed E-state index contributed by atoms with van der Waals surface area (Å²) in [5, 5.41) is 24.8. The van der Waals surface area contributed by atoms with Crippen molar-refractivity contribution in [3.8, 4) is 0 Å². The summed E-state index contributed by atoms with van der Waals surface area (Å²) >= 11 is 0. The maximum Gasteiger partial charge on any atom is 0.274 e. The zero-order valence-electron chi connectivity index (χ0n) is 11.3. The highest BCUT2D eigenvalue weighted by Crippen LogP contribution is 2.24. The Labute approximate surface area is 120 Å². The average Bonchev–Trinajstić information content (AvgIpc) is 2.46. The van der Waals surface area contributed by atoms with Gasteiger partial charge in [0.05, 0.1) is 9.85 Å². The number of hydrogen-bond donors (Lipinski definition) is 1. The third-order valence-electron chi connectivity index (χ3n) is 3.08. The number of aryl methyl sites for hydroxylation is 1. The molecule has 7 heteroatoms. The molecule has 0 spiro atoms. The lowest BCUT2D eigenvalue weighted by Gasteiger charge is -2.07. The summed E-state index contributed by atoms with van der Waals surface area (Å²) in [5.41, 5.74) is 1.67. The summed E-state index contributed by atoms with van der Waals surface area (Å²) in [7, 11) is 0. The first-order valence-electron chi connectivity index (χ1n) is 6.20. The van der Waals surface area contributed by atoms with Crippen LogP contribution in [0.1, 0.15) is 11.1 Å². The fourth-order valence-electron chi connectivity index (χ4n) is 1.95. The number of anilines is 1. The molecule has 2 rings (SSSR count). The van der Waals surface area contributed by atoms with Gasteiger partial charge in [-0.1, -0.05) is 24.3 Å². The highest BCUT2D eigenvalue weighted by Gasteiger charge is 2.13.